The van der Waals surface area contributed by atoms with Gasteiger partial charge in [-0.3, -0.25) is 4.99 Å². The third kappa shape index (κ3) is 6.71. The van der Waals surface area contributed by atoms with Gasteiger partial charge in [0.1, 0.15) is 0 Å². The lowest BCUT2D eigenvalue weighted by Crippen LogP contribution is -2.37. The number of halogens is 1. The van der Waals surface area contributed by atoms with Gasteiger partial charge in [0.15, 0.2) is 15.8 Å². The van der Waals surface area contributed by atoms with Crippen LogP contribution in [0.25, 0.3) is 10.8 Å². The molecular weight excluding hydrogens is 497 g/mol. The van der Waals surface area contributed by atoms with Crippen molar-refractivity contribution < 1.29 is 8.42 Å². The standard InChI is InChI=1S/C22H25N3O2S.HI/c1-23-22(24-14-13-17-8-11-21(12-9-17)28(2,26)27)25-16-18-7-10-19-5-3-4-6-20(19)15-18;/h3-12,15H,13-14,16H2,1-2H3,(H2,23,24,25);1H. The zero-order valence-corrected chi connectivity index (χ0v) is 19.7. The number of hydrogen-bond donors (Lipinski definition) is 2. The van der Waals surface area contributed by atoms with E-state index in [0.717, 1.165) is 17.9 Å². The predicted octanol–water partition coefficient (Wildman–Crippen LogP) is 3.77. The molecule has 7 heteroatoms. The Bertz CT molecular complexity index is 1080. The van der Waals surface area contributed by atoms with Gasteiger partial charge < -0.3 is 10.6 Å². The average molecular weight is 523 g/mol. The predicted molar refractivity (Wildman–Crippen MR) is 131 cm³/mol. The molecule has 0 atom stereocenters. The Kier molecular flexibility index (Phi) is 8.45. The molecule has 0 aliphatic rings. The molecule has 0 aromatic heterocycles. The molecule has 0 aliphatic carbocycles. The van der Waals surface area contributed by atoms with Crippen molar-refractivity contribution >= 4 is 50.5 Å². The second-order valence-electron chi connectivity index (χ2n) is 6.70. The van der Waals surface area contributed by atoms with E-state index in [2.05, 4.69) is 46.0 Å². The summed E-state index contributed by atoms with van der Waals surface area (Å²) in [6.07, 6.45) is 2.00. The van der Waals surface area contributed by atoms with Gasteiger partial charge in [-0.2, -0.15) is 0 Å². The highest BCUT2D eigenvalue weighted by molar-refractivity contribution is 14.0. The molecule has 0 saturated heterocycles. The summed E-state index contributed by atoms with van der Waals surface area (Å²) < 4.78 is 23.0. The second-order valence-corrected chi connectivity index (χ2v) is 8.72. The summed E-state index contributed by atoms with van der Waals surface area (Å²) in [5.41, 5.74) is 2.27. The minimum Gasteiger partial charge on any atom is -0.356 e. The van der Waals surface area contributed by atoms with Crippen molar-refractivity contribution in [3.63, 3.8) is 0 Å². The zero-order chi connectivity index (χ0) is 20.0. The summed E-state index contributed by atoms with van der Waals surface area (Å²) >= 11 is 0. The van der Waals surface area contributed by atoms with E-state index in [9.17, 15) is 8.42 Å². The second kappa shape index (κ2) is 10.6. The molecule has 0 unspecified atom stereocenters. The maximum Gasteiger partial charge on any atom is 0.191 e. The Labute approximate surface area is 189 Å². The number of guanidine groups is 1. The largest absolute Gasteiger partial charge is 0.356 e. The lowest BCUT2D eigenvalue weighted by atomic mass is 10.1. The molecule has 29 heavy (non-hydrogen) atoms. The van der Waals surface area contributed by atoms with E-state index in [1.807, 2.05) is 24.3 Å². The van der Waals surface area contributed by atoms with E-state index >= 15 is 0 Å². The van der Waals surface area contributed by atoms with Crippen molar-refractivity contribution in [2.24, 2.45) is 4.99 Å². The van der Waals surface area contributed by atoms with Crippen LogP contribution in [0.3, 0.4) is 0 Å². The number of fused-ring (bicyclic) bond motifs is 1. The smallest absolute Gasteiger partial charge is 0.191 e. The monoisotopic (exact) mass is 523 g/mol. The van der Waals surface area contributed by atoms with E-state index in [1.54, 1.807) is 19.2 Å². The topological polar surface area (TPSA) is 70.6 Å². The fraction of sp³-hybridized carbons (Fsp3) is 0.227. The molecule has 3 aromatic rings. The Morgan fingerprint density at radius 2 is 1.55 bits per heavy atom. The molecule has 0 amide bonds. The van der Waals surface area contributed by atoms with Crippen LogP contribution in [0.15, 0.2) is 76.6 Å². The normalized spacial score (nSPS) is 11.7. The highest BCUT2D eigenvalue weighted by Crippen LogP contribution is 2.15. The van der Waals surface area contributed by atoms with E-state index in [4.69, 9.17) is 0 Å². The van der Waals surface area contributed by atoms with Crippen molar-refractivity contribution in [1.29, 1.82) is 0 Å². The summed E-state index contributed by atoms with van der Waals surface area (Å²) in [4.78, 5) is 4.60. The molecule has 0 heterocycles. The molecule has 5 nitrogen and oxygen atoms in total. The quantitative estimate of drug-likeness (QED) is 0.293. The highest BCUT2D eigenvalue weighted by Gasteiger charge is 2.06. The minimum absolute atomic E-state index is 0. The third-order valence-corrected chi connectivity index (χ3v) is 5.68. The minimum atomic E-state index is -3.15. The Hall–Kier alpha value is -2.13. The van der Waals surface area contributed by atoms with Crippen molar-refractivity contribution in [3.8, 4) is 0 Å². The van der Waals surface area contributed by atoms with Gasteiger partial charge in [-0.15, -0.1) is 24.0 Å². The van der Waals surface area contributed by atoms with E-state index in [1.165, 1.54) is 22.6 Å². The third-order valence-electron chi connectivity index (χ3n) is 4.56. The lowest BCUT2D eigenvalue weighted by Gasteiger charge is -2.12. The molecule has 0 spiro atoms. The van der Waals surface area contributed by atoms with Gasteiger partial charge in [-0.1, -0.05) is 48.5 Å². The fourth-order valence-corrected chi connectivity index (χ4v) is 3.61. The fourth-order valence-electron chi connectivity index (χ4n) is 2.98. The summed E-state index contributed by atoms with van der Waals surface area (Å²) in [7, 11) is -1.40. The van der Waals surface area contributed by atoms with Crippen molar-refractivity contribution in [2.75, 3.05) is 19.8 Å². The first-order valence-corrected chi connectivity index (χ1v) is 11.1. The molecule has 3 aromatic carbocycles. The number of nitrogens with zero attached hydrogens (tertiary/aromatic N) is 1. The van der Waals surface area contributed by atoms with Crippen LogP contribution in [-0.2, 0) is 22.8 Å². The van der Waals surface area contributed by atoms with Crippen LogP contribution in [0.5, 0.6) is 0 Å². The SMILES string of the molecule is CN=C(NCCc1ccc(S(C)(=O)=O)cc1)NCc1ccc2ccccc2c1.I. The van der Waals surface area contributed by atoms with Crippen LogP contribution < -0.4 is 10.6 Å². The molecule has 0 saturated carbocycles. The molecule has 0 radical (unpaired) electrons. The number of benzene rings is 3. The summed E-state index contributed by atoms with van der Waals surface area (Å²) in [5.74, 6) is 0.737. The zero-order valence-electron chi connectivity index (χ0n) is 16.6. The number of nitrogens with one attached hydrogen (secondary N) is 2. The number of hydrogen-bond acceptors (Lipinski definition) is 3. The number of rotatable bonds is 6. The van der Waals surface area contributed by atoms with Gasteiger partial charge in [-0.05, 0) is 46.5 Å². The first kappa shape index (κ1) is 23.2. The van der Waals surface area contributed by atoms with Crippen molar-refractivity contribution in [3.05, 3.63) is 77.9 Å². The molecule has 0 aliphatic heterocycles. The van der Waals surface area contributed by atoms with Crippen molar-refractivity contribution in [1.82, 2.24) is 10.6 Å². The molecular formula is C22H26IN3O2S. The van der Waals surface area contributed by atoms with Gasteiger partial charge in [0.2, 0.25) is 0 Å². The maximum atomic E-state index is 11.5. The van der Waals surface area contributed by atoms with Gasteiger partial charge in [0.25, 0.3) is 0 Å². The first-order chi connectivity index (χ1) is 13.5. The molecule has 154 valence electrons. The molecule has 3 rings (SSSR count). The van der Waals surface area contributed by atoms with Gasteiger partial charge in [0, 0.05) is 26.4 Å². The van der Waals surface area contributed by atoms with Gasteiger partial charge in [-0.25, -0.2) is 8.42 Å². The summed E-state index contributed by atoms with van der Waals surface area (Å²) in [6, 6.07) is 21.7. The summed E-state index contributed by atoms with van der Waals surface area (Å²) in [6.45, 7) is 1.39. The lowest BCUT2D eigenvalue weighted by molar-refractivity contribution is 0.602. The number of sulfone groups is 1. The summed E-state index contributed by atoms with van der Waals surface area (Å²) in [5, 5.41) is 9.07. The first-order valence-electron chi connectivity index (χ1n) is 9.17. The van der Waals surface area contributed by atoms with Gasteiger partial charge in [0.05, 0.1) is 4.90 Å². The molecule has 0 bridgehead atoms. The van der Waals surface area contributed by atoms with E-state index in [-0.39, 0.29) is 24.0 Å². The van der Waals surface area contributed by atoms with E-state index < -0.39 is 9.84 Å². The Morgan fingerprint density at radius 3 is 2.21 bits per heavy atom. The van der Waals surface area contributed by atoms with Crippen LogP contribution in [0, 0.1) is 0 Å². The van der Waals surface area contributed by atoms with Crippen LogP contribution >= 0.6 is 24.0 Å². The molecule has 0 fully saturated rings. The maximum absolute atomic E-state index is 11.5. The Balaban J connectivity index is 0.00000300. The van der Waals surface area contributed by atoms with Crippen LogP contribution in [0.2, 0.25) is 0 Å². The van der Waals surface area contributed by atoms with Crippen molar-refractivity contribution in [2.45, 2.75) is 17.9 Å². The Morgan fingerprint density at radius 1 is 0.897 bits per heavy atom. The van der Waals surface area contributed by atoms with Crippen LogP contribution in [0.1, 0.15) is 11.1 Å². The molecule has 2 N–H and O–H groups in total. The van der Waals surface area contributed by atoms with Gasteiger partial charge >= 0.3 is 0 Å². The number of aliphatic imine (C=N–C) groups is 1. The average Bonchev–Trinajstić information content (AvgIpc) is 2.70. The van der Waals surface area contributed by atoms with Crippen LogP contribution in [-0.4, -0.2) is 34.2 Å². The highest BCUT2D eigenvalue weighted by atomic mass is 127. The van der Waals surface area contributed by atoms with Crippen LogP contribution in [0.4, 0.5) is 0 Å². The van der Waals surface area contributed by atoms with E-state index in [0.29, 0.717) is 18.0 Å².